The minimum absolute atomic E-state index is 0.0726. The summed E-state index contributed by atoms with van der Waals surface area (Å²) < 4.78 is 0. The van der Waals surface area contributed by atoms with Crippen molar-refractivity contribution in [2.45, 2.75) is 225 Å². The molecule has 0 aromatic rings. The maximum atomic E-state index is 12.4. The van der Waals surface area contributed by atoms with E-state index in [1.165, 1.54) is 122 Å². The smallest absolute Gasteiger partial charge is 0.220 e. The van der Waals surface area contributed by atoms with Gasteiger partial charge in [-0.2, -0.15) is 0 Å². The van der Waals surface area contributed by atoms with Gasteiger partial charge in [-0.25, -0.2) is 0 Å². The maximum Gasteiger partial charge on any atom is 0.220 e. The van der Waals surface area contributed by atoms with Gasteiger partial charge in [0.15, 0.2) is 0 Å². The van der Waals surface area contributed by atoms with E-state index in [1.54, 1.807) is 6.08 Å². The van der Waals surface area contributed by atoms with Crippen LogP contribution in [-0.4, -0.2) is 34.9 Å². The van der Waals surface area contributed by atoms with Gasteiger partial charge >= 0.3 is 0 Å². The van der Waals surface area contributed by atoms with E-state index < -0.39 is 12.1 Å². The molecule has 3 N–H and O–H groups in total. The number of carbonyl (C=O) groups excluding carboxylic acids is 1. The van der Waals surface area contributed by atoms with Crippen LogP contribution >= 0.6 is 0 Å². The first-order valence-electron chi connectivity index (χ1n) is 24.0. The summed E-state index contributed by atoms with van der Waals surface area (Å²) >= 11 is 0. The second kappa shape index (κ2) is 47.7. The molecule has 57 heavy (non-hydrogen) atoms. The van der Waals surface area contributed by atoms with Gasteiger partial charge in [0, 0.05) is 6.42 Å². The Morgan fingerprint density at radius 3 is 1.16 bits per heavy atom. The quantitative estimate of drug-likeness (QED) is 0.0426. The molecule has 0 rings (SSSR count). The fourth-order valence-corrected chi connectivity index (χ4v) is 6.69. The molecule has 2 atom stereocenters. The third-order valence-electron chi connectivity index (χ3n) is 10.3. The predicted molar refractivity (Wildman–Crippen MR) is 253 cm³/mol. The molecular weight excluding hydrogens is 699 g/mol. The highest BCUT2D eigenvalue weighted by Crippen LogP contribution is 2.14. The van der Waals surface area contributed by atoms with Crippen LogP contribution < -0.4 is 5.32 Å². The second-order valence-electron chi connectivity index (χ2n) is 15.8. The Balaban J connectivity index is 3.58. The molecule has 0 fully saturated rings. The van der Waals surface area contributed by atoms with Crippen molar-refractivity contribution in [3.05, 3.63) is 97.2 Å². The Morgan fingerprint density at radius 1 is 0.439 bits per heavy atom. The van der Waals surface area contributed by atoms with E-state index in [9.17, 15) is 15.0 Å². The Bertz CT molecular complexity index is 1080. The molecule has 0 aromatic carbocycles. The van der Waals surface area contributed by atoms with Gasteiger partial charge in [-0.05, 0) is 77.0 Å². The number of carbonyl (C=O) groups is 1. The lowest BCUT2D eigenvalue weighted by Gasteiger charge is -2.20. The summed E-state index contributed by atoms with van der Waals surface area (Å²) in [4.78, 5) is 12.4. The van der Waals surface area contributed by atoms with Gasteiger partial charge in [0.1, 0.15) is 0 Å². The van der Waals surface area contributed by atoms with Gasteiger partial charge in [-0.3, -0.25) is 4.79 Å². The molecule has 4 heteroatoms. The molecule has 0 aliphatic carbocycles. The normalized spacial score (nSPS) is 13.8. The van der Waals surface area contributed by atoms with Crippen molar-refractivity contribution in [1.82, 2.24) is 5.32 Å². The van der Waals surface area contributed by atoms with E-state index in [2.05, 4.69) is 104 Å². The lowest BCUT2D eigenvalue weighted by Crippen LogP contribution is -2.45. The minimum Gasteiger partial charge on any atom is -0.394 e. The summed E-state index contributed by atoms with van der Waals surface area (Å²) in [5.41, 5.74) is 0. The van der Waals surface area contributed by atoms with E-state index in [0.717, 1.165) is 70.6 Å². The van der Waals surface area contributed by atoms with Crippen molar-refractivity contribution in [3.63, 3.8) is 0 Å². The van der Waals surface area contributed by atoms with Gasteiger partial charge in [-0.1, -0.05) is 227 Å². The van der Waals surface area contributed by atoms with E-state index >= 15 is 0 Å². The molecule has 0 saturated heterocycles. The van der Waals surface area contributed by atoms with Crippen LogP contribution in [0.25, 0.3) is 0 Å². The zero-order valence-corrected chi connectivity index (χ0v) is 37.3. The molecule has 4 nitrogen and oxygen atoms in total. The van der Waals surface area contributed by atoms with Crippen molar-refractivity contribution in [2.24, 2.45) is 0 Å². The molecule has 2 unspecified atom stereocenters. The van der Waals surface area contributed by atoms with Gasteiger partial charge in [0.25, 0.3) is 0 Å². The number of rotatable bonds is 42. The van der Waals surface area contributed by atoms with Crippen molar-refractivity contribution in [2.75, 3.05) is 6.61 Å². The highest BCUT2D eigenvalue weighted by molar-refractivity contribution is 5.76. The van der Waals surface area contributed by atoms with Crippen molar-refractivity contribution >= 4 is 5.91 Å². The fraction of sp³-hybridized carbons (Fsp3) is 0.679. The number of unbranched alkanes of at least 4 members (excludes halogenated alkanes) is 21. The topological polar surface area (TPSA) is 69.6 Å². The van der Waals surface area contributed by atoms with Crippen LogP contribution in [-0.2, 0) is 4.79 Å². The number of amides is 1. The molecule has 326 valence electrons. The number of aliphatic hydroxyl groups is 2. The lowest BCUT2D eigenvalue weighted by molar-refractivity contribution is -0.123. The Labute approximate surface area is 353 Å². The SMILES string of the molecule is CC/C=C\C/C=C\C/C=C\C/C=C\C/C=C\C/C=C\C/C=C\CCCCCCCCCCCCCC(=O)NC(CO)C(O)/C=C/CCCCCCCCCCCC. The minimum atomic E-state index is -0.844. The van der Waals surface area contributed by atoms with E-state index in [1.807, 2.05) is 6.08 Å². The Kier molecular flexibility index (Phi) is 45.4. The third-order valence-corrected chi connectivity index (χ3v) is 10.3. The lowest BCUT2D eigenvalue weighted by atomic mass is 10.0. The van der Waals surface area contributed by atoms with Crippen LogP contribution in [0, 0.1) is 0 Å². The highest BCUT2D eigenvalue weighted by Gasteiger charge is 2.17. The summed E-state index contributed by atoms with van der Waals surface area (Å²) in [6.07, 6.45) is 71.0. The van der Waals surface area contributed by atoms with Crippen LogP contribution in [0.1, 0.15) is 213 Å². The molecule has 0 bridgehead atoms. The number of hydrogen-bond donors (Lipinski definition) is 3. The average molecular weight is 790 g/mol. The van der Waals surface area contributed by atoms with Crippen molar-refractivity contribution in [3.8, 4) is 0 Å². The molecule has 0 aliphatic heterocycles. The maximum absolute atomic E-state index is 12.4. The summed E-state index contributed by atoms with van der Waals surface area (Å²) in [6, 6.07) is -0.628. The first kappa shape index (κ1) is 54.3. The molecule has 0 heterocycles. The van der Waals surface area contributed by atoms with Crippen LogP contribution in [0.15, 0.2) is 97.2 Å². The molecule has 0 aliphatic rings. The van der Waals surface area contributed by atoms with Gasteiger partial charge in [-0.15, -0.1) is 0 Å². The molecule has 0 spiro atoms. The zero-order chi connectivity index (χ0) is 41.4. The number of allylic oxidation sites excluding steroid dienone is 15. The first-order valence-corrected chi connectivity index (χ1v) is 24.0. The summed E-state index contributed by atoms with van der Waals surface area (Å²) in [5, 5.41) is 23.0. The second-order valence-corrected chi connectivity index (χ2v) is 15.8. The summed E-state index contributed by atoms with van der Waals surface area (Å²) in [5.74, 6) is -0.0726. The van der Waals surface area contributed by atoms with Crippen LogP contribution in [0.2, 0.25) is 0 Å². The average Bonchev–Trinajstić information content (AvgIpc) is 3.22. The largest absolute Gasteiger partial charge is 0.394 e. The van der Waals surface area contributed by atoms with Crippen molar-refractivity contribution in [1.29, 1.82) is 0 Å². The first-order chi connectivity index (χ1) is 28.2. The molecular formula is C53H91NO3. The molecule has 0 saturated carbocycles. The monoisotopic (exact) mass is 790 g/mol. The van der Waals surface area contributed by atoms with E-state index in [-0.39, 0.29) is 12.5 Å². The third kappa shape index (κ3) is 44.3. The number of aliphatic hydroxyl groups excluding tert-OH is 2. The van der Waals surface area contributed by atoms with Crippen LogP contribution in [0.3, 0.4) is 0 Å². The molecule has 0 radical (unpaired) electrons. The van der Waals surface area contributed by atoms with Gasteiger partial charge in [0.05, 0.1) is 18.8 Å². The fourth-order valence-electron chi connectivity index (χ4n) is 6.69. The van der Waals surface area contributed by atoms with Crippen molar-refractivity contribution < 1.29 is 15.0 Å². The number of nitrogens with one attached hydrogen (secondary N) is 1. The Hall–Kier alpha value is -2.69. The molecule has 0 aromatic heterocycles. The zero-order valence-electron chi connectivity index (χ0n) is 37.3. The summed E-state index contributed by atoms with van der Waals surface area (Å²) in [7, 11) is 0. The summed E-state index contributed by atoms with van der Waals surface area (Å²) in [6.45, 7) is 4.17. The van der Waals surface area contributed by atoms with E-state index in [4.69, 9.17) is 0 Å². The van der Waals surface area contributed by atoms with Crippen LogP contribution in [0.5, 0.6) is 0 Å². The van der Waals surface area contributed by atoms with Gasteiger partial charge in [0.2, 0.25) is 5.91 Å². The van der Waals surface area contributed by atoms with E-state index in [0.29, 0.717) is 6.42 Å². The van der Waals surface area contributed by atoms with Gasteiger partial charge < -0.3 is 15.5 Å². The highest BCUT2D eigenvalue weighted by atomic mass is 16.3. The standard InChI is InChI=1S/C53H91NO3/c1-3-5-7-9-11-13-15-17-18-19-20-21-22-23-24-25-26-27-28-29-30-31-32-33-34-35-36-37-39-41-43-45-47-49-53(57)54-51(50-55)52(56)48-46-44-42-40-38-16-14-12-10-8-6-4-2/h5,7,11,13,17-18,20-21,23-24,26-27,29-30,46,48,51-52,55-56H,3-4,6,8-10,12,14-16,19,22,25,28,31-45,47,49-50H2,1-2H3,(H,54,57)/b7-5-,13-11-,18-17-,21-20-,24-23-,27-26-,30-29-,48-46+. The van der Waals surface area contributed by atoms with Crippen LogP contribution in [0.4, 0.5) is 0 Å². The molecule has 1 amide bonds. The number of hydrogen-bond acceptors (Lipinski definition) is 3. The predicted octanol–water partition coefficient (Wildman–Crippen LogP) is 15.4. The Morgan fingerprint density at radius 2 is 0.772 bits per heavy atom.